The maximum atomic E-state index is 13.1. The van der Waals surface area contributed by atoms with Crippen molar-refractivity contribution in [1.82, 2.24) is 5.32 Å². The molecule has 1 heterocycles. The van der Waals surface area contributed by atoms with Crippen LogP contribution in [-0.2, 0) is 19.1 Å². The number of halogens is 1. The van der Waals surface area contributed by atoms with Gasteiger partial charge in [-0.05, 0) is 31.0 Å². The molecule has 0 radical (unpaired) electrons. The molecule has 1 aromatic carbocycles. The van der Waals surface area contributed by atoms with Crippen LogP contribution in [0.3, 0.4) is 0 Å². The summed E-state index contributed by atoms with van der Waals surface area (Å²) in [6.45, 7) is 1.72. The molecule has 5 nitrogen and oxygen atoms in total. The summed E-state index contributed by atoms with van der Waals surface area (Å²) in [7, 11) is 2.60. The highest BCUT2D eigenvalue weighted by Crippen LogP contribution is 2.44. The van der Waals surface area contributed by atoms with Gasteiger partial charge in [-0.1, -0.05) is 12.1 Å². The fourth-order valence-corrected chi connectivity index (χ4v) is 2.83. The van der Waals surface area contributed by atoms with Crippen LogP contribution in [0.25, 0.3) is 0 Å². The number of carbonyl (C=O) groups excluding carboxylic acids is 2. The van der Waals surface area contributed by atoms with Gasteiger partial charge in [0.05, 0.1) is 19.6 Å². The van der Waals surface area contributed by atoms with E-state index in [1.807, 2.05) is 0 Å². The van der Waals surface area contributed by atoms with Crippen molar-refractivity contribution in [2.24, 2.45) is 5.41 Å². The third-order valence-electron chi connectivity index (χ3n) is 3.97. The SMILES string of the molecule is COC(=O)[C@@H]1C[C@](C)(C(=O)OC)[C@H](c2ccc(F)cc2)N1. The first kappa shape index (κ1) is 15.4. The average Bonchev–Trinajstić information content (AvgIpc) is 2.85. The molecule has 114 valence electrons. The molecular formula is C15H18FNO4. The van der Waals surface area contributed by atoms with E-state index in [4.69, 9.17) is 9.47 Å². The van der Waals surface area contributed by atoms with E-state index in [0.717, 1.165) is 5.56 Å². The van der Waals surface area contributed by atoms with E-state index >= 15 is 0 Å². The maximum Gasteiger partial charge on any atom is 0.322 e. The van der Waals surface area contributed by atoms with Gasteiger partial charge in [-0.2, -0.15) is 0 Å². The van der Waals surface area contributed by atoms with Crippen molar-refractivity contribution in [1.29, 1.82) is 0 Å². The molecule has 0 bridgehead atoms. The van der Waals surface area contributed by atoms with Crippen LogP contribution in [0.4, 0.5) is 4.39 Å². The number of methoxy groups -OCH3 is 2. The molecule has 0 amide bonds. The first-order valence-electron chi connectivity index (χ1n) is 6.60. The molecule has 1 aliphatic rings. The topological polar surface area (TPSA) is 64.6 Å². The van der Waals surface area contributed by atoms with Crippen LogP contribution in [0.5, 0.6) is 0 Å². The highest BCUT2D eigenvalue weighted by atomic mass is 19.1. The largest absolute Gasteiger partial charge is 0.469 e. The van der Waals surface area contributed by atoms with Crippen LogP contribution in [0.15, 0.2) is 24.3 Å². The molecule has 6 heteroatoms. The van der Waals surface area contributed by atoms with Gasteiger partial charge in [-0.25, -0.2) is 4.39 Å². The molecule has 21 heavy (non-hydrogen) atoms. The molecule has 0 unspecified atom stereocenters. The molecule has 0 spiro atoms. The summed E-state index contributed by atoms with van der Waals surface area (Å²) >= 11 is 0. The number of carbonyl (C=O) groups is 2. The van der Waals surface area contributed by atoms with E-state index < -0.39 is 29.4 Å². The predicted molar refractivity (Wildman–Crippen MR) is 72.8 cm³/mol. The summed E-state index contributed by atoms with van der Waals surface area (Å²) in [5, 5.41) is 3.09. The number of hydrogen-bond acceptors (Lipinski definition) is 5. The minimum Gasteiger partial charge on any atom is -0.469 e. The Bertz CT molecular complexity index is 545. The zero-order valence-electron chi connectivity index (χ0n) is 12.2. The number of ether oxygens (including phenoxy) is 2. The van der Waals surface area contributed by atoms with Crippen LogP contribution in [0.1, 0.15) is 24.9 Å². The summed E-state index contributed by atoms with van der Waals surface area (Å²) in [4.78, 5) is 23.9. The number of esters is 2. The quantitative estimate of drug-likeness (QED) is 0.858. The number of rotatable bonds is 3. The second-order valence-electron chi connectivity index (χ2n) is 5.34. The molecular weight excluding hydrogens is 277 g/mol. The van der Waals surface area contributed by atoms with Gasteiger partial charge >= 0.3 is 11.9 Å². The fraction of sp³-hybridized carbons (Fsp3) is 0.467. The van der Waals surface area contributed by atoms with Crippen LogP contribution in [-0.4, -0.2) is 32.2 Å². The Balaban J connectivity index is 2.37. The molecule has 0 aliphatic carbocycles. The highest BCUT2D eigenvalue weighted by Gasteiger charge is 2.52. The van der Waals surface area contributed by atoms with Crippen LogP contribution >= 0.6 is 0 Å². The van der Waals surface area contributed by atoms with E-state index in [-0.39, 0.29) is 12.2 Å². The van der Waals surface area contributed by atoms with E-state index in [1.54, 1.807) is 19.1 Å². The maximum absolute atomic E-state index is 13.1. The van der Waals surface area contributed by atoms with E-state index in [2.05, 4.69) is 5.32 Å². The molecule has 1 saturated heterocycles. The highest BCUT2D eigenvalue weighted by molar-refractivity contribution is 5.83. The van der Waals surface area contributed by atoms with Gasteiger partial charge in [0.2, 0.25) is 0 Å². The Morgan fingerprint density at radius 3 is 2.38 bits per heavy atom. The minimum absolute atomic E-state index is 0.258. The Morgan fingerprint density at radius 1 is 1.24 bits per heavy atom. The van der Waals surface area contributed by atoms with Gasteiger partial charge < -0.3 is 9.47 Å². The molecule has 1 aromatic rings. The summed E-state index contributed by atoms with van der Waals surface area (Å²) < 4.78 is 22.7. The fourth-order valence-electron chi connectivity index (χ4n) is 2.83. The van der Waals surface area contributed by atoms with Crippen molar-refractivity contribution in [3.8, 4) is 0 Å². The molecule has 3 atom stereocenters. The summed E-state index contributed by atoms with van der Waals surface area (Å²) in [5.41, 5.74) is -0.207. The molecule has 0 saturated carbocycles. The van der Waals surface area contributed by atoms with Crippen molar-refractivity contribution < 1.29 is 23.5 Å². The lowest BCUT2D eigenvalue weighted by Crippen LogP contribution is -2.35. The van der Waals surface area contributed by atoms with Gasteiger partial charge in [0.1, 0.15) is 11.9 Å². The molecule has 2 rings (SSSR count). The number of hydrogen-bond donors (Lipinski definition) is 1. The van der Waals surface area contributed by atoms with E-state index in [0.29, 0.717) is 0 Å². The molecule has 1 aliphatic heterocycles. The third kappa shape index (κ3) is 2.76. The van der Waals surface area contributed by atoms with Gasteiger partial charge in [0, 0.05) is 6.04 Å². The first-order chi connectivity index (χ1) is 9.92. The predicted octanol–water partition coefficient (Wildman–Crippen LogP) is 1.58. The van der Waals surface area contributed by atoms with Crippen molar-refractivity contribution in [3.63, 3.8) is 0 Å². The van der Waals surface area contributed by atoms with Gasteiger partial charge in [0.25, 0.3) is 0 Å². The second kappa shape index (κ2) is 5.81. The molecule has 1 N–H and O–H groups in total. The Kier molecular flexibility index (Phi) is 4.27. The van der Waals surface area contributed by atoms with Crippen LogP contribution in [0.2, 0.25) is 0 Å². The standard InChI is InChI=1S/C15H18FNO4/c1-15(14(19)21-3)8-11(13(18)20-2)17-12(15)9-4-6-10(16)7-5-9/h4-7,11-12,17H,8H2,1-3H3/t11-,12-,15-/m0/s1. The van der Waals surface area contributed by atoms with Crippen molar-refractivity contribution >= 4 is 11.9 Å². The normalized spacial score (nSPS) is 28.2. The summed E-state index contributed by atoms with van der Waals surface area (Å²) in [5.74, 6) is -1.22. The van der Waals surface area contributed by atoms with Crippen LogP contribution in [0, 0.1) is 11.2 Å². The Hall–Kier alpha value is -1.95. The van der Waals surface area contributed by atoms with Crippen molar-refractivity contribution in [3.05, 3.63) is 35.6 Å². The Labute approximate surface area is 122 Å². The number of benzene rings is 1. The zero-order valence-corrected chi connectivity index (χ0v) is 12.2. The van der Waals surface area contributed by atoms with Crippen LogP contribution < -0.4 is 5.32 Å². The van der Waals surface area contributed by atoms with Gasteiger partial charge in [-0.3, -0.25) is 14.9 Å². The summed E-state index contributed by atoms with van der Waals surface area (Å²) in [6, 6.07) is 4.77. The van der Waals surface area contributed by atoms with Crippen molar-refractivity contribution in [2.45, 2.75) is 25.4 Å². The zero-order chi connectivity index (χ0) is 15.6. The monoisotopic (exact) mass is 295 g/mol. The average molecular weight is 295 g/mol. The third-order valence-corrected chi connectivity index (χ3v) is 3.97. The Morgan fingerprint density at radius 2 is 1.86 bits per heavy atom. The lowest BCUT2D eigenvalue weighted by Gasteiger charge is -2.28. The smallest absolute Gasteiger partial charge is 0.322 e. The number of nitrogens with one attached hydrogen (secondary N) is 1. The van der Waals surface area contributed by atoms with Gasteiger partial charge in [0.15, 0.2) is 0 Å². The molecule has 0 aromatic heterocycles. The lowest BCUT2D eigenvalue weighted by atomic mass is 9.78. The first-order valence-corrected chi connectivity index (χ1v) is 6.60. The minimum atomic E-state index is -0.925. The van der Waals surface area contributed by atoms with Crippen molar-refractivity contribution in [2.75, 3.05) is 14.2 Å². The van der Waals surface area contributed by atoms with E-state index in [9.17, 15) is 14.0 Å². The lowest BCUT2D eigenvalue weighted by molar-refractivity contribution is -0.152. The van der Waals surface area contributed by atoms with Gasteiger partial charge in [-0.15, -0.1) is 0 Å². The van der Waals surface area contributed by atoms with E-state index in [1.165, 1.54) is 26.4 Å². The molecule has 1 fully saturated rings. The summed E-state index contributed by atoms with van der Waals surface area (Å²) in [6.07, 6.45) is 0.258. The second-order valence-corrected chi connectivity index (χ2v) is 5.34.